The molecule has 144 valence electrons. The minimum absolute atomic E-state index is 0.166. The third kappa shape index (κ3) is 2.91. The SMILES string of the molecule is CCc1oc2ccccc2c1CN(C)C(=O)C(C)n1c(=O)oc2ccccc21. The van der Waals surface area contributed by atoms with E-state index >= 15 is 0 Å². The minimum Gasteiger partial charge on any atom is -0.461 e. The molecule has 0 radical (unpaired) electrons. The summed E-state index contributed by atoms with van der Waals surface area (Å²) in [5.41, 5.74) is 2.92. The highest BCUT2D eigenvalue weighted by Gasteiger charge is 2.25. The maximum Gasteiger partial charge on any atom is 0.420 e. The lowest BCUT2D eigenvalue weighted by molar-refractivity contribution is -0.133. The molecule has 2 heterocycles. The molecule has 28 heavy (non-hydrogen) atoms. The molecule has 0 aliphatic carbocycles. The van der Waals surface area contributed by atoms with Gasteiger partial charge in [-0.2, -0.15) is 0 Å². The zero-order chi connectivity index (χ0) is 19.8. The van der Waals surface area contributed by atoms with Gasteiger partial charge in [0.05, 0.1) is 5.52 Å². The summed E-state index contributed by atoms with van der Waals surface area (Å²) >= 11 is 0. The maximum absolute atomic E-state index is 13.1. The van der Waals surface area contributed by atoms with Crippen LogP contribution in [0.4, 0.5) is 0 Å². The molecule has 0 N–H and O–H groups in total. The lowest BCUT2D eigenvalue weighted by atomic mass is 10.1. The van der Waals surface area contributed by atoms with Crippen molar-refractivity contribution in [3.63, 3.8) is 0 Å². The number of benzene rings is 2. The number of hydrogen-bond acceptors (Lipinski definition) is 4. The van der Waals surface area contributed by atoms with Gasteiger partial charge in [-0.05, 0) is 25.1 Å². The molecule has 2 aromatic heterocycles. The number of aromatic nitrogens is 1. The molecule has 0 saturated carbocycles. The Kier molecular flexibility index (Phi) is 4.55. The zero-order valence-corrected chi connectivity index (χ0v) is 16.1. The average molecular weight is 378 g/mol. The summed E-state index contributed by atoms with van der Waals surface area (Å²) in [6, 6.07) is 14.3. The van der Waals surface area contributed by atoms with Crippen molar-refractivity contribution in [2.24, 2.45) is 0 Å². The van der Waals surface area contributed by atoms with E-state index in [1.807, 2.05) is 37.3 Å². The van der Waals surface area contributed by atoms with Gasteiger partial charge in [0.1, 0.15) is 17.4 Å². The van der Waals surface area contributed by atoms with E-state index in [0.29, 0.717) is 17.6 Å². The molecule has 6 heteroatoms. The van der Waals surface area contributed by atoms with Crippen molar-refractivity contribution in [2.45, 2.75) is 32.9 Å². The number of carbonyl (C=O) groups excluding carboxylic acids is 1. The van der Waals surface area contributed by atoms with Crippen molar-refractivity contribution in [1.82, 2.24) is 9.47 Å². The Morgan fingerprint density at radius 2 is 1.75 bits per heavy atom. The molecule has 0 saturated heterocycles. The first-order valence-corrected chi connectivity index (χ1v) is 9.35. The normalized spacial score (nSPS) is 12.5. The Bertz CT molecular complexity index is 1210. The molecule has 0 aliphatic rings. The summed E-state index contributed by atoms with van der Waals surface area (Å²) in [5.74, 6) is 0.180. The molecule has 6 nitrogen and oxygen atoms in total. The van der Waals surface area contributed by atoms with Crippen LogP contribution in [0, 0.1) is 0 Å². The van der Waals surface area contributed by atoms with Crippen LogP contribution in [0.2, 0.25) is 0 Å². The molecule has 1 unspecified atom stereocenters. The lowest BCUT2D eigenvalue weighted by Gasteiger charge is -2.22. The number of rotatable bonds is 5. The van der Waals surface area contributed by atoms with Crippen LogP contribution in [0.15, 0.2) is 62.2 Å². The summed E-state index contributed by atoms with van der Waals surface area (Å²) in [6.45, 7) is 4.16. The monoisotopic (exact) mass is 378 g/mol. The molecule has 1 amide bonds. The van der Waals surface area contributed by atoms with Crippen molar-refractivity contribution < 1.29 is 13.6 Å². The quantitative estimate of drug-likeness (QED) is 0.524. The van der Waals surface area contributed by atoms with Crippen LogP contribution in [0.5, 0.6) is 0 Å². The van der Waals surface area contributed by atoms with E-state index in [1.165, 1.54) is 4.57 Å². The van der Waals surface area contributed by atoms with Gasteiger partial charge in [-0.25, -0.2) is 4.79 Å². The minimum atomic E-state index is -0.676. The summed E-state index contributed by atoms with van der Waals surface area (Å²) in [6.07, 6.45) is 0.743. The number of aryl methyl sites for hydroxylation is 1. The fraction of sp³-hybridized carbons (Fsp3) is 0.273. The molecule has 0 spiro atoms. The molecule has 2 aromatic carbocycles. The highest BCUT2D eigenvalue weighted by molar-refractivity contribution is 5.85. The fourth-order valence-electron chi connectivity index (χ4n) is 3.70. The van der Waals surface area contributed by atoms with Gasteiger partial charge >= 0.3 is 5.76 Å². The molecule has 0 bridgehead atoms. The predicted molar refractivity (Wildman–Crippen MR) is 107 cm³/mol. The van der Waals surface area contributed by atoms with E-state index in [0.717, 1.165) is 28.7 Å². The van der Waals surface area contributed by atoms with Crippen LogP contribution in [-0.2, 0) is 17.8 Å². The van der Waals surface area contributed by atoms with E-state index in [4.69, 9.17) is 8.83 Å². The summed E-state index contributed by atoms with van der Waals surface area (Å²) in [5, 5.41) is 1.01. The number of nitrogens with zero attached hydrogens (tertiary/aromatic N) is 2. The average Bonchev–Trinajstić information content (AvgIpc) is 3.23. The topological polar surface area (TPSA) is 68.6 Å². The number of para-hydroxylation sites is 3. The van der Waals surface area contributed by atoms with Gasteiger partial charge in [0.25, 0.3) is 0 Å². The summed E-state index contributed by atoms with van der Waals surface area (Å²) in [7, 11) is 1.74. The Labute approximate surface area is 162 Å². The highest BCUT2D eigenvalue weighted by Crippen LogP contribution is 2.28. The van der Waals surface area contributed by atoms with Crippen LogP contribution in [0.1, 0.15) is 31.2 Å². The second-order valence-electron chi connectivity index (χ2n) is 6.93. The van der Waals surface area contributed by atoms with E-state index in [-0.39, 0.29) is 5.91 Å². The molecule has 0 aliphatic heterocycles. The number of likely N-dealkylation sites (N-methyl/N-ethyl adjacent to an activating group) is 1. The molecule has 4 rings (SSSR count). The number of oxazole rings is 1. The summed E-state index contributed by atoms with van der Waals surface area (Å²) in [4.78, 5) is 27.0. The van der Waals surface area contributed by atoms with Gasteiger partial charge in [-0.1, -0.05) is 37.3 Å². The Hall–Kier alpha value is -3.28. The standard InChI is InChI=1S/C22H22N2O4/c1-4-18-16(15-9-5-7-11-19(15)27-18)13-23(3)21(25)14(2)24-17-10-6-8-12-20(17)28-22(24)26/h5-12,14H,4,13H2,1-3H3. The van der Waals surface area contributed by atoms with Crippen LogP contribution in [-0.4, -0.2) is 22.4 Å². The van der Waals surface area contributed by atoms with Gasteiger partial charge < -0.3 is 13.7 Å². The van der Waals surface area contributed by atoms with Crippen LogP contribution in [0.3, 0.4) is 0 Å². The van der Waals surface area contributed by atoms with Crippen molar-refractivity contribution >= 4 is 28.0 Å². The Morgan fingerprint density at radius 3 is 2.50 bits per heavy atom. The third-order valence-corrected chi connectivity index (χ3v) is 5.14. The molecular formula is C22H22N2O4. The van der Waals surface area contributed by atoms with Crippen LogP contribution >= 0.6 is 0 Å². The highest BCUT2D eigenvalue weighted by atomic mass is 16.4. The largest absolute Gasteiger partial charge is 0.461 e. The second kappa shape index (κ2) is 7.03. The van der Waals surface area contributed by atoms with Crippen LogP contribution < -0.4 is 5.76 Å². The zero-order valence-electron chi connectivity index (χ0n) is 16.1. The van der Waals surface area contributed by atoms with Gasteiger partial charge in [-0.3, -0.25) is 9.36 Å². The van der Waals surface area contributed by atoms with E-state index < -0.39 is 11.8 Å². The van der Waals surface area contributed by atoms with Gasteiger partial charge in [0.2, 0.25) is 5.91 Å². The van der Waals surface area contributed by atoms with E-state index in [9.17, 15) is 9.59 Å². The molecule has 0 fully saturated rings. The number of furan rings is 1. The number of carbonyl (C=O) groups is 1. The van der Waals surface area contributed by atoms with Gasteiger partial charge in [-0.15, -0.1) is 0 Å². The predicted octanol–water partition coefficient (Wildman–Crippen LogP) is 4.12. The Balaban J connectivity index is 1.65. The maximum atomic E-state index is 13.1. The van der Waals surface area contributed by atoms with Crippen molar-refractivity contribution in [3.8, 4) is 0 Å². The first kappa shape index (κ1) is 18.1. The van der Waals surface area contributed by atoms with Crippen LogP contribution in [0.25, 0.3) is 22.1 Å². The summed E-state index contributed by atoms with van der Waals surface area (Å²) < 4.78 is 12.6. The second-order valence-corrected chi connectivity index (χ2v) is 6.93. The molecule has 4 aromatic rings. The first-order valence-electron chi connectivity index (χ1n) is 9.35. The first-order chi connectivity index (χ1) is 13.5. The van der Waals surface area contributed by atoms with Crippen molar-refractivity contribution in [1.29, 1.82) is 0 Å². The Morgan fingerprint density at radius 1 is 1.07 bits per heavy atom. The van der Waals surface area contributed by atoms with Crippen molar-refractivity contribution in [2.75, 3.05) is 7.05 Å². The molecule has 1 atom stereocenters. The van der Waals surface area contributed by atoms with Gasteiger partial charge in [0, 0.05) is 31.0 Å². The number of fused-ring (bicyclic) bond motifs is 2. The fourth-order valence-corrected chi connectivity index (χ4v) is 3.70. The van der Waals surface area contributed by atoms with Gasteiger partial charge in [0.15, 0.2) is 5.58 Å². The van der Waals surface area contributed by atoms with E-state index in [2.05, 4.69) is 0 Å². The van der Waals surface area contributed by atoms with E-state index in [1.54, 1.807) is 37.1 Å². The smallest absolute Gasteiger partial charge is 0.420 e. The lowest BCUT2D eigenvalue weighted by Crippen LogP contribution is -2.35. The van der Waals surface area contributed by atoms with Crippen molar-refractivity contribution in [3.05, 3.63) is 70.4 Å². The number of hydrogen-bond donors (Lipinski definition) is 0. The number of amides is 1. The molecular weight excluding hydrogens is 356 g/mol. The third-order valence-electron chi connectivity index (χ3n) is 5.14.